The van der Waals surface area contributed by atoms with Gasteiger partial charge in [0.15, 0.2) is 0 Å². The minimum atomic E-state index is -4.91. The molecule has 0 unspecified atom stereocenters. The molecule has 0 atom stereocenters. The van der Waals surface area contributed by atoms with Crippen LogP contribution in [0, 0.1) is 0 Å². The topological polar surface area (TPSA) is 219 Å². The van der Waals surface area contributed by atoms with Crippen LogP contribution >= 0.6 is 0 Å². The maximum absolute atomic E-state index is 12.2. The fourth-order valence-corrected chi connectivity index (χ4v) is 4.63. The molecule has 5 rings (SSSR count). The van der Waals surface area contributed by atoms with E-state index in [9.17, 15) is 73.1 Å². The molecule has 0 spiro atoms. The summed E-state index contributed by atoms with van der Waals surface area (Å²) in [4.78, 5) is 15.3. The Morgan fingerprint density at radius 2 is 0.543 bits per heavy atom. The normalized spacial score (nSPS) is 11.8. The van der Waals surface area contributed by atoms with Gasteiger partial charge < -0.3 is 49.6 Å². The first kappa shape index (κ1) is 61.0. The van der Waals surface area contributed by atoms with E-state index in [1.54, 1.807) is 0 Å². The molecule has 2 N–H and O–H groups in total. The van der Waals surface area contributed by atoms with Gasteiger partial charge in [0.25, 0.3) is 0 Å². The van der Waals surface area contributed by atoms with Gasteiger partial charge in [-0.1, -0.05) is 47.3 Å². The third-order valence-corrected chi connectivity index (χ3v) is 7.35. The number of aromatic hydroxyl groups is 2. The molecule has 0 aromatic heterocycles. The summed E-state index contributed by atoms with van der Waals surface area (Å²) in [5.74, 6) is -4.27. The number of aliphatic imine (C=N–C) groups is 4. The van der Waals surface area contributed by atoms with Crippen LogP contribution in [0.2, 0.25) is 0 Å². The number of rotatable bonds is 14. The molecule has 70 heavy (non-hydrogen) atoms. The first-order chi connectivity index (χ1) is 31.6. The molecule has 0 heterocycles. The fraction of sp³-hybridized carbons (Fsp3) is 0.190. The standard InChI is InChI=1S/2C18H14F6N2O4.C6H6O2.2Cu/c2*19-17(20,21)29-13-1-3-15(27)11(7-13)9-25-5-6-26-10-12-8-14(2-4-16(12)28)30-18(22,23)24;7-5-1-2-6(8)4-3-5;;/h2*1-4,7-10,27-28H,5-6H2;1-4,7-8H;;/q;;;2*+2/p-4. The van der Waals surface area contributed by atoms with Crippen LogP contribution in [0.1, 0.15) is 22.3 Å². The van der Waals surface area contributed by atoms with E-state index in [0.29, 0.717) is 0 Å². The van der Waals surface area contributed by atoms with Crippen molar-refractivity contribution >= 4 is 24.9 Å². The third-order valence-electron chi connectivity index (χ3n) is 7.35. The molecule has 0 saturated carbocycles. The van der Waals surface area contributed by atoms with Crippen LogP contribution in [0.3, 0.4) is 0 Å². The maximum atomic E-state index is 12.2. The van der Waals surface area contributed by atoms with Gasteiger partial charge in [0.2, 0.25) is 0 Å². The zero-order chi connectivity index (χ0) is 50.7. The molecule has 0 aliphatic rings. The fourth-order valence-electron chi connectivity index (χ4n) is 4.63. The third kappa shape index (κ3) is 25.4. The molecule has 5 aromatic carbocycles. The van der Waals surface area contributed by atoms with Crippen molar-refractivity contribution in [2.24, 2.45) is 20.0 Å². The van der Waals surface area contributed by atoms with E-state index in [1.807, 2.05) is 0 Å². The number of phenolic OH excluding ortho intramolecular Hbond substituents is 2. The Kier molecular flexibility index (Phi) is 24.3. The number of hydrogen-bond donors (Lipinski definition) is 2. The first-order valence-corrected chi connectivity index (χ1v) is 18.4. The largest absolute Gasteiger partial charge is 2.00 e. The number of halogens is 12. The molecule has 5 aromatic rings. The minimum Gasteiger partial charge on any atom is -0.872 e. The van der Waals surface area contributed by atoms with Crippen LogP contribution in [0.25, 0.3) is 0 Å². The molecule has 0 amide bonds. The SMILES string of the molecule is Oc1ccc(O)cc1.[Cu+2].[Cu+2].[O-]c1ccc(OC(F)(F)F)cc1C=NCCN=Cc1cc(OC(F)(F)F)ccc1[O-].[O-]c1ccc(OC(F)(F)F)cc1C=NCCN=Cc1cc(OC(F)(F)F)ccc1[O-]. The molecule has 384 valence electrons. The predicted molar refractivity (Wildman–Crippen MR) is 210 cm³/mol. The Morgan fingerprint density at radius 3 is 0.714 bits per heavy atom. The molecule has 2 radical (unpaired) electrons. The molecule has 0 aliphatic heterocycles. The number of benzene rings is 5. The summed E-state index contributed by atoms with van der Waals surface area (Å²) < 4.78 is 161. The second-order valence-electron chi connectivity index (χ2n) is 12.6. The Balaban J connectivity index is 0.000000588. The van der Waals surface area contributed by atoms with Gasteiger partial charge in [-0.05, 0) is 95.1 Å². The number of phenols is 2. The molecule has 28 heteroatoms. The van der Waals surface area contributed by atoms with E-state index in [2.05, 4.69) is 38.9 Å². The van der Waals surface area contributed by atoms with Crippen molar-refractivity contribution in [3.8, 4) is 57.5 Å². The summed E-state index contributed by atoms with van der Waals surface area (Å²) in [7, 11) is 0. The molecule has 0 saturated heterocycles. The van der Waals surface area contributed by atoms with Crippen molar-refractivity contribution in [3.05, 3.63) is 119 Å². The van der Waals surface area contributed by atoms with Crippen LogP contribution in [0.15, 0.2) is 117 Å². The van der Waals surface area contributed by atoms with Crippen molar-refractivity contribution in [3.63, 3.8) is 0 Å². The number of ether oxygens (including phenoxy) is 4. The van der Waals surface area contributed by atoms with Gasteiger partial charge in [-0.25, -0.2) is 0 Å². The quantitative estimate of drug-likeness (QED) is 0.0368. The Morgan fingerprint density at radius 1 is 0.357 bits per heavy atom. The van der Waals surface area contributed by atoms with Gasteiger partial charge in [-0.15, -0.1) is 52.7 Å². The van der Waals surface area contributed by atoms with Gasteiger partial charge in [-0.2, -0.15) is 0 Å². The van der Waals surface area contributed by atoms with Crippen LogP contribution in [0.5, 0.6) is 57.5 Å². The molecular weight excluding hydrogens is 1080 g/mol. The zero-order valence-corrected chi connectivity index (χ0v) is 36.3. The van der Waals surface area contributed by atoms with Gasteiger partial charge >= 0.3 is 59.6 Å². The van der Waals surface area contributed by atoms with Crippen molar-refractivity contribution in [2.75, 3.05) is 26.2 Å². The van der Waals surface area contributed by atoms with Gasteiger partial charge in [0.05, 0.1) is 26.2 Å². The van der Waals surface area contributed by atoms with Gasteiger partial charge in [-0.3, -0.25) is 20.0 Å². The molecule has 0 bridgehead atoms. The predicted octanol–water partition coefficient (Wildman–Crippen LogP) is 7.43. The summed E-state index contributed by atoms with van der Waals surface area (Å²) in [5.41, 5.74) is -0.557. The average Bonchev–Trinajstić information content (AvgIpc) is 3.21. The van der Waals surface area contributed by atoms with Crippen LogP contribution in [-0.4, -0.2) is 86.7 Å². The summed E-state index contributed by atoms with van der Waals surface area (Å²) in [6, 6.07) is 16.3. The van der Waals surface area contributed by atoms with E-state index < -0.39 is 71.4 Å². The Labute approximate surface area is 408 Å². The minimum absolute atomic E-state index is 0. The summed E-state index contributed by atoms with van der Waals surface area (Å²) >= 11 is 0. The number of hydrogen-bond acceptors (Lipinski definition) is 14. The van der Waals surface area contributed by atoms with Crippen molar-refractivity contribution in [1.82, 2.24) is 0 Å². The van der Waals surface area contributed by atoms with E-state index >= 15 is 0 Å². The summed E-state index contributed by atoms with van der Waals surface area (Å²) in [5, 5.41) is 63.8. The van der Waals surface area contributed by atoms with Gasteiger partial charge in [0.1, 0.15) is 34.5 Å². The van der Waals surface area contributed by atoms with Crippen LogP contribution < -0.4 is 39.4 Å². The van der Waals surface area contributed by atoms with Gasteiger partial charge in [0, 0.05) is 24.9 Å². The van der Waals surface area contributed by atoms with Crippen LogP contribution in [0.4, 0.5) is 52.7 Å². The maximum Gasteiger partial charge on any atom is 2.00 e. The monoisotopic (exact) mass is 1100 g/mol. The number of alkyl halides is 12. The summed E-state index contributed by atoms with van der Waals surface area (Å²) in [6.07, 6.45) is -15.5. The average molecular weight is 1110 g/mol. The van der Waals surface area contributed by atoms with Crippen molar-refractivity contribution < 1.29 is 136 Å². The zero-order valence-electron chi connectivity index (χ0n) is 34.5. The van der Waals surface area contributed by atoms with E-state index in [0.717, 1.165) is 97.7 Å². The molecular formula is C42H30Cu2F12N4O10. The van der Waals surface area contributed by atoms with Crippen molar-refractivity contribution in [2.45, 2.75) is 25.4 Å². The van der Waals surface area contributed by atoms with E-state index in [4.69, 9.17) is 10.2 Å². The second kappa shape index (κ2) is 27.8. The number of nitrogens with zero attached hydrogens (tertiary/aromatic N) is 4. The Hall–Kier alpha value is -7.02. The van der Waals surface area contributed by atoms with Crippen LogP contribution in [-0.2, 0) is 34.1 Å². The molecule has 14 nitrogen and oxygen atoms in total. The second-order valence-corrected chi connectivity index (χ2v) is 12.6. The molecule has 0 fully saturated rings. The molecule has 0 aliphatic carbocycles. The summed E-state index contributed by atoms with van der Waals surface area (Å²) in [6.45, 7) is -0.0269. The Bertz CT molecular complexity index is 2200. The first-order valence-electron chi connectivity index (χ1n) is 18.4. The smallest absolute Gasteiger partial charge is 0.872 e. The van der Waals surface area contributed by atoms with Crippen molar-refractivity contribution in [1.29, 1.82) is 0 Å². The van der Waals surface area contributed by atoms with E-state index in [1.165, 1.54) is 24.3 Å². The van der Waals surface area contributed by atoms with E-state index in [-0.39, 0.29) is 94.1 Å².